The summed E-state index contributed by atoms with van der Waals surface area (Å²) in [5, 5.41) is 21.8. The van der Waals surface area contributed by atoms with Crippen LogP contribution in [0.15, 0.2) is 0 Å². The highest BCUT2D eigenvalue weighted by atomic mass is 16.7. The summed E-state index contributed by atoms with van der Waals surface area (Å²) in [6, 6.07) is 0. The monoisotopic (exact) mass is 392 g/mol. The fourth-order valence-corrected chi connectivity index (χ4v) is 8.49. The molecule has 0 amide bonds. The van der Waals surface area contributed by atoms with Crippen LogP contribution in [0, 0.1) is 39.9 Å². The van der Waals surface area contributed by atoms with E-state index in [4.69, 9.17) is 9.47 Å². The Kier molecular flexibility index (Phi) is 4.37. The van der Waals surface area contributed by atoms with E-state index < -0.39 is 5.79 Å². The molecule has 4 saturated carbocycles. The molecule has 0 bridgehead atoms. The van der Waals surface area contributed by atoms with Crippen LogP contribution in [0.1, 0.15) is 79.1 Å². The van der Waals surface area contributed by atoms with E-state index >= 15 is 0 Å². The summed E-state index contributed by atoms with van der Waals surface area (Å²) >= 11 is 0. The fourth-order valence-electron chi connectivity index (χ4n) is 8.49. The third-order valence-corrected chi connectivity index (χ3v) is 10.0. The highest BCUT2D eigenvalue weighted by Crippen LogP contribution is 2.69. The predicted molar refractivity (Wildman–Crippen MR) is 108 cm³/mol. The van der Waals surface area contributed by atoms with Crippen molar-refractivity contribution >= 4 is 0 Å². The summed E-state index contributed by atoms with van der Waals surface area (Å²) in [5.74, 6) is 1.57. The predicted octanol–water partition coefficient (Wildman–Crippen LogP) is 4.13. The van der Waals surface area contributed by atoms with Crippen LogP contribution in [-0.4, -0.2) is 41.4 Å². The zero-order valence-electron chi connectivity index (χ0n) is 18.2. The summed E-state index contributed by atoms with van der Waals surface area (Å²) in [5.41, 5.74) is 0.153. The number of rotatable bonds is 0. The minimum absolute atomic E-state index is 0.0734. The Labute approximate surface area is 170 Å². The van der Waals surface area contributed by atoms with Crippen molar-refractivity contribution in [2.24, 2.45) is 39.9 Å². The van der Waals surface area contributed by atoms with Gasteiger partial charge < -0.3 is 19.7 Å². The van der Waals surface area contributed by atoms with Crippen LogP contribution in [0.4, 0.5) is 0 Å². The van der Waals surface area contributed by atoms with Crippen LogP contribution < -0.4 is 0 Å². The maximum atomic E-state index is 11.5. The molecule has 0 radical (unpaired) electrons. The molecule has 4 aliphatic carbocycles. The maximum Gasteiger partial charge on any atom is 0.173 e. The molecular weight excluding hydrogens is 352 g/mol. The minimum Gasteiger partial charge on any atom is -0.393 e. The Morgan fingerprint density at radius 3 is 2.29 bits per heavy atom. The number of aliphatic hydroxyl groups is 2. The standard InChI is InChI=1S/C24H40O4/c1-21(2)13-27-24(28-14-21)10-8-18-17-6-5-15-11-16(25)7-9-22(15,3)20(17)19(26)12-23(18,24)4/h15-20,25-26H,5-14H2,1-4H3/t15-,16?,17-,18-,19-,20+,22-,23-/m0/s1. The number of fused-ring (bicyclic) bond motifs is 6. The molecule has 0 aromatic rings. The van der Waals surface area contributed by atoms with Crippen molar-refractivity contribution in [1.29, 1.82) is 0 Å². The summed E-state index contributed by atoms with van der Waals surface area (Å²) in [6.07, 6.45) is 7.79. The lowest BCUT2D eigenvalue weighted by atomic mass is 9.44. The van der Waals surface area contributed by atoms with Crippen LogP contribution in [0.3, 0.4) is 0 Å². The van der Waals surface area contributed by atoms with E-state index in [0.29, 0.717) is 23.7 Å². The molecule has 4 nitrogen and oxygen atoms in total. The molecule has 0 aromatic carbocycles. The molecule has 28 heavy (non-hydrogen) atoms. The highest BCUT2D eigenvalue weighted by Gasteiger charge is 2.69. The highest BCUT2D eigenvalue weighted by molar-refractivity contribution is 5.15. The van der Waals surface area contributed by atoms with Gasteiger partial charge in [-0.3, -0.25) is 0 Å². The number of hydrogen-bond donors (Lipinski definition) is 2. The smallest absolute Gasteiger partial charge is 0.173 e. The van der Waals surface area contributed by atoms with E-state index in [2.05, 4.69) is 27.7 Å². The van der Waals surface area contributed by atoms with Crippen molar-refractivity contribution < 1.29 is 19.7 Å². The van der Waals surface area contributed by atoms with Crippen LogP contribution >= 0.6 is 0 Å². The van der Waals surface area contributed by atoms with E-state index in [1.165, 1.54) is 12.8 Å². The van der Waals surface area contributed by atoms with Gasteiger partial charge in [-0.05, 0) is 74.0 Å². The van der Waals surface area contributed by atoms with Gasteiger partial charge in [0.05, 0.1) is 25.4 Å². The Bertz CT molecular complexity index is 622. The third-order valence-electron chi connectivity index (χ3n) is 10.0. The Hall–Kier alpha value is -0.160. The van der Waals surface area contributed by atoms with Crippen molar-refractivity contribution in [2.75, 3.05) is 13.2 Å². The first kappa shape index (κ1) is 19.8. The lowest BCUT2D eigenvalue weighted by molar-refractivity contribution is -0.353. The molecule has 1 heterocycles. The second-order valence-electron chi connectivity index (χ2n) is 12.2. The lowest BCUT2D eigenvalue weighted by Gasteiger charge is -2.63. The molecule has 5 aliphatic rings. The van der Waals surface area contributed by atoms with E-state index in [0.717, 1.165) is 51.7 Å². The zero-order chi connectivity index (χ0) is 19.9. The molecule has 2 N–H and O–H groups in total. The van der Waals surface area contributed by atoms with Gasteiger partial charge in [-0.25, -0.2) is 0 Å². The van der Waals surface area contributed by atoms with E-state index in [9.17, 15) is 10.2 Å². The van der Waals surface area contributed by atoms with Gasteiger partial charge in [0.2, 0.25) is 0 Å². The fraction of sp³-hybridized carbons (Fsp3) is 1.00. The first-order chi connectivity index (χ1) is 13.1. The molecule has 1 unspecified atom stereocenters. The van der Waals surface area contributed by atoms with Crippen molar-refractivity contribution in [3.05, 3.63) is 0 Å². The quantitative estimate of drug-likeness (QED) is 0.651. The molecule has 5 rings (SSSR count). The van der Waals surface area contributed by atoms with Gasteiger partial charge >= 0.3 is 0 Å². The van der Waals surface area contributed by atoms with Gasteiger partial charge in [-0.15, -0.1) is 0 Å². The average molecular weight is 393 g/mol. The minimum atomic E-state index is -0.500. The number of aliphatic hydroxyl groups excluding tert-OH is 2. The van der Waals surface area contributed by atoms with E-state index in [1.54, 1.807) is 0 Å². The molecule has 1 spiro atoms. The van der Waals surface area contributed by atoms with Crippen molar-refractivity contribution in [2.45, 2.75) is 97.1 Å². The van der Waals surface area contributed by atoms with Crippen LogP contribution in [-0.2, 0) is 9.47 Å². The normalized spacial score (nSPS) is 54.6. The molecule has 8 atom stereocenters. The molecule has 4 heteroatoms. The topological polar surface area (TPSA) is 58.9 Å². The number of ether oxygens (including phenoxy) is 2. The number of hydrogen-bond acceptors (Lipinski definition) is 4. The van der Waals surface area contributed by atoms with Crippen molar-refractivity contribution in [3.63, 3.8) is 0 Å². The first-order valence-electron chi connectivity index (χ1n) is 11.7. The summed E-state index contributed by atoms with van der Waals surface area (Å²) in [4.78, 5) is 0. The Morgan fingerprint density at radius 2 is 1.57 bits per heavy atom. The summed E-state index contributed by atoms with van der Waals surface area (Å²) in [7, 11) is 0. The second-order valence-corrected chi connectivity index (χ2v) is 12.2. The third kappa shape index (κ3) is 2.57. The molecule has 1 aliphatic heterocycles. The van der Waals surface area contributed by atoms with Crippen molar-refractivity contribution in [3.8, 4) is 0 Å². The Balaban J connectivity index is 1.45. The van der Waals surface area contributed by atoms with Gasteiger partial charge in [-0.2, -0.15) is 0 Å². The SMILES string of the molecule is CC1(C)COC2(CC[C@H]3[C@@H]4CC[C@H]5CC(O)CC[C@]5(C)[C@H]4[C@@H](O)C[C@@]32C)OC1. The van der Waals surface area contributed by atoms with Gasteiger partial charge in [-0.1, -0.05) is 27.7 Å². The van der Waals surface area contributed by atoms with Gasteiger partial charge in [0.1, 0.15) is 0 Å². The Morgan fingerprint density at radius 1 is 0.857 bits per heavy atom. The average Bonchev–Trinajstić information content (AvgIpc) is 2.90. The molecule has 5 fully saturated rings. The van der Waals surface area contributed by atoms with Gasteiger partial charge in [0.15, 0.2) is 5.79 Å². The van der Waals surface area contributed by atoms with Gasteiger partial charge in [0, 0.05) is 17.3 Å². The van der Waals surface area contributed by atoms with Crippen LogP contribution in [0.2, 0.25) is 0 Å². The van der Waals surface area contributed by atoms with Crippen molar-refractivity contribution in [1.82, 2.24) is 0 Å². The lowest BCUT2D eigenvalue weighted by Crippen LogP contribution is -2.64. The second kappa shape index (κ2) is 6.18. The molecule has 160 valence electrons. The summed E-state index contributed by atoms with van der Waals surface area (Å²) in [6.45, 7) is 10.7. The maximum absolute atomic E-state index is 11.5. The zero-order valence-corrected chi connectivity index (χ0v) is 18.2. The van der Waals surface area contributed by atoms with Crippen LogP contribution in [0.5, 0.6) is 0 Å². The van der Waals surface area contributed by atoms with E-state index in [-0.39, 0.29) is 28.5 Å². The van der Waals surface area contributed by atoms with Gasteiger partial charge in [0.25, 0.3) is 0 Å². The first-order valence-corrected chi connectivity index (χ1v) is 11.7. The molecule has 0 aromatic heterocycles. The van der Waals surface area contributed by atoms with E-state index in [1.807, 2.05) is 0 Å². The largest absolute Gasteiger partial charge is 0.393 e. The molecule has 1 saturated heterocycles. The van der Waals surface area contributed by atoms with Crippen LogP contribution in [0.25, 0.3) is 0 Å². The molecular formula is C24H40O4. The summed E-state index contributed by atoms with van der Waals surface area (Å²) < 4.78 is 13.0.